The second-order valence-corrected chi connectivity index (χ2v) is 12.5. The zero-order chi connectivity index (χ0) is 27.5. The summed E-state index contributed by atoms with van der Waals surface area (Å²) in [6.07, 6.45) is 2.77. The molecule has 0 aromatic rings. The third-order valence-corrected chi connectivity index (χ3v) is 10.1. The standard InChI is InChI=1S/C28H34F2O7S/c1-26-6-7-28(30)18(11-20(29)19-10-16(31)3-5-27(19,28)2)17(26)9-15(13-26)14-36-23(33)12-21(32)25(38)37-22-4-8-35-24(22)34/h3,5,10,15,17-18,20-22,32H,4,6-9,11-14H2,1-2H3/t15-,17+,18+,20+,21+,22+,26-,27+,28-/m1/s1. The molecular weight excluding hydrogens is 518 g/mol. The first kappa shape index (κ1) is 27.4. The summed E-state index contributed by atoms with van der Waals surface area (Å²) in [4.78, 5) is 35.9. The van der Waals surface area contributed by atoms with Crippen molar-refractivity contribution in [2.75, 3.05) is 13.2 Å². The molecule has 208 valence electrons. The number of aliphatic hydroxyl groups excluding tert-OH is 1. The van der Waals surface area contributed by atoms with Crippen molar-refractivity contribution in [1.82, 2.24) is 0 Å². The van der Waals surface area contributed by atoms with Gasteiger partial charge in [-0.05, 0) is 86.2 Å². The minimum atomic E-state index is -1.65. The number of hydrogen-bond acceptors (Lipinski definition) is 8. The lowest BCUT2D eigenvalue weighted by molar-refractivity contribution is -0.146. The second-order valence-electron chi connectivity index (χ2n) is 12.1. The number of fused-ring (bicyclic) bond motifs is 5. The van der Waals surface area contributed by atoms with Crippen molar-refractivity contribution in [2.45, 2.75) is 82.8 Å². The van der Waals surface area contributed by atoms with Crippen LogP contribution in [0.2, 0.25) is 0 Å². The molecular formula is C28H34F2O7S. The van der Waals surface area contributed by atoms with Crippen molar-refractivity contribution in [3.63, 3.8) is 0 Å². The van der Waals surface area contributed by atoms with Crippen LogP contribution in [0.4, 0.5) is 8.78 Å². The van der Waals surface area contributed by atoms with Crippen LogP contribution in [0.3, 0.4) is 0 Å². The van der Waals surface area contributed by atoms with E-state index < -0.39 is 53.7 Å². The molecule has 9 atom stereocenters. The SMILES string of the molecule is C[C@]12CC[C@@]3(F)[C@@H](C[C@H](F)C4=CC(=O)C=C[C@@]43C)[C@@H]1C[C@@H](COC(=O)C[C@H](O)C(=S)O[C@H]1CCOC1=O)C2. The summed E-state index contributed by atoms with van der Waals surface area (Å²) in [6.45, 7) is 4.16. The molecule has 0 bridgehead atoms. The number of carbonyl (C=O) groups excluding carboxylic acids is 3. The van der Waals surface area contributed by atoms with Gasteiger partial charge in [0.2, 0.25) is 0 Å². The van der Waals surface area contributed by atoms with Crippen molar-refractivity contribution < 1.29 is 42.5 Å². The Morgan fingerprint density at radius 3 is 2.74 bits per heavy atom. The number of allylic oxidation sites excluding steroid dienone is 4. The van der Waals surface area contributed by atoms with Gasteiger partial charge in [0.15, 0.2) is 16.9 Å². The van der Waals surface area contributed by atoms with Gasteiger partial charge in [0.1, 0.15) is 17.9 Å². The van der Waals surface area contributed by atoms with Gasteiger partial charge >= 0.3 is 11.9 Å². The van der Waals surface area contributed by atoms with Gasteiger partial charge in [0, 0.05) is 17.8 Å². The lowest BCUT2D eigenvalue weighted by Crippen LogP contribution is -2.61. The summed E-state index contributed by atoms with van der Waals surface area (Å²) in [6, 6.07) is 0. The van der Waals surface area contributed by atoms with Crippen LogP contribution < -0.4 is 0 Å². The van der Waals surface area contributed by atoms with Crippen LogP contribution in [0.1, 0.15) is 58.8 Å². The molecule has 0 unspecified atom stereocenters. The monoisotopic (exact) mass is 552 g/mol. The minimum Gasteiger partial charge on any atom is -0.469 e. The molecule has 1 heterocycles. The predicted octanol–water partition coefficient (Wildman–Crippen LogP) is 3.90. The lowest BCUT2D eigenvalue weighted by atomic mass is 9.46. The summed E-state index contributed by atoms with van der Waals surface area (Å²) in [5.74, 6) is -2.11. The highest BCUT2D eigenvalue weighted by Gasteiger charge is 2.67. The van der Waals surface area contributed by atoms with Gasteiger partial charge < -0.3 is 19.3 Å². The summed E-state index contributed by atoms with van der Waals surface area (Å²) >= 11 is 5.01. The van der Waals surface area contributed by atoms with Gasteiger partial charge in [0.25, 0.3) is 0 Å². The Morgan fingerprint density at radius 1 is 1.26 bits per heavy atom. The van der Waals surface area contributed by atoms with Gasteiger partial charge in [-0.1, -0.05) is 13.0 Å². The Morgan fingerprint density at radius 2 is 2.03 bits per heavy atom. The van der Waals surface area contributed by atoms with E-state index in [1.807, 2.05) is 0 Å². The van der Waals surface area contributed by atoms with Gasteiger partial charge in [-0.3, -0.25) is 9.59 Å². The average Bonchev–Trinajstić information content (AvgIpc) is 3.42. The van der Waals surface area contributed by atoms with Crippen LogP contribution in [-0.4, -0.2) is 65.1 Å². The number of ether oxygens (including phenoxy) is 3. The lowest BCUT2D eigenvalue weighted by Gasteiger charge is -2.60. The average molecular weight is 553 g/mol. The number of halogens is 2. The third-order valence-electron chi connectivity index (χ3n) is 9.77. The van der Waals surface area contributed by atoms with Crippen molar-refractivity contribution in [3.8, 4) is 0 Å². The Balaban J connectivity index is 1.19. The zero-order valence-corrected chi connectivity index (χ0v) is 22.4. The molecule has 1 saturated heterocycles. The highest BCUT2D eigenvalue weighted by atomic mass is 32.1. The highest BCUT2D eigenvalue weighted by Crippen LogP contribution is 2.68. The number of carbonyl (C=O) groups is 3. The molecule has 0 radical (unpaired) electrons. The first-order chi connectivity index (χ1) is 17.9. The molecule has 5 aliphatic rings. The molecule has 7 nitrogen and oxygen atoms in total. The number of hydrogen-bond donors (Lipinski definition) is 1. The maximum atomic E-state index is 16.9. The van der Waals surface area contributed by atoms with Crippen LogP contribution in [0.5, 0.6) is 0 Å². The molecule has 1 aliphatic heterocycles. The van der Waals surface area contributed by atoms with Crippen LogP contribution in [0.15, 0.2) is 23.8 Å². The van der Waals surface area contributed by atoms with E-state index in [1.165, 1.54) is 12.2 Å². The largest absolute Gasteiger partial charge is 0.469 e. The topological polar surface area (TPSA) is 99.1 Å². The smallest absolute Gasteiger partial charge is 0.347 e. The molecule has 0 aromatic heterocycles. The molecule has 4 fully saturated rings. The Bertz CT molecular complexity index is 1110. The third kappa shape index (κ3) is 4.51. The van der Waals surface area contributed by atoms with Gasteiger partial charge in [-0.15, -0.1) is 0 Å². The molecule has 0 spiro atoms. The molecule has 4 aliphatic carbocycles. The van der Waals surface area contributed by atoms with Crippen LogP contribution >= 0.6 is 12.2 Å². The van der Waals surface area contributed by atoms with E-state index in [1.54, 1.807) is 13.0 Å². The first-order valence-corrected chi connectivity index (χ1v) is 13.8. The zero-order valence-electron chi connectivity index (χ0n) is 21.6. The van der Waals surface area contributed by atoms with Crippen LogP contribution in [-0.2, 0) is 28.6 Å². The normalized spacial score (nSPS) is 42.3. The maximum Gasteiger partial charge on any atom is 0.347 e. The Kier molecular flexibility index (Phi) is 7.03. The fourth-order valence-electron chi connectivity index (χ4n) is 7.72. The Labute approximate surface area is 225 Å². The molecule has 3 saturated carbocycles. The van der Waals surface area contributed by atoms with Crippen LogP contribution in [0.25, 0.3) is 0 Å². The van der Waals surface area contributed by atoms with E-state index in [4.69, 9.17) is 26.4 Å². The number of cyclic esters (lactones) is 1. The van der Waals surface area contributed by atoms with E-state index in [-0.39, 0.29) is 59.7 Å². The summed E-state index contributed by atoms with van der Waals surface area (Å²) < 4.78 is 47.8. The number of ketones is 1. The van der Waals surface area contributed by atoms with Crippen molar-refractivity contribution in [1.29, 1.82) is 0 Å². The predicted molar refractivity (Wildman–Crippen MR) is 135 cm³/mol. The second kappa shape index (κ2) is 9.77. The summed E-state index contributed by atoms with van der Waals surface area (Å²) in [7, 11) is 0. The fourth-order valence-corrected chi connectivity index (χ4v) is 7.92. The highest BCUT2D eigenvalue weighted by molar-refractivity contribution is 7.80. The van der Waals surface area contributed by atoms with Gasteiger partial charge in [-0.2, -0.15) is 0 Å². The molecule has 38 heavy (non-hydrogen) atoms. The van der Waals surface area contributed by atoms with Crippen molar-refractivity contribution in [2.24, 2.45) is 28.6 Å². The molecule has 10 heteroatoms. The van der Waals surface area contributed by atoms with Crippen LogP contribution in [0, 0.1) is 28.6 Å². The number of rotatable bonds is 6. The molecule has 0 amide bonds. The van der Waals surface area contributed by atoms with E-state index in [2.05, 4.69) is 6.92 Å². The number of thiocarbonyl (C=S) groups is 1. The van der Waals surface area contributed by atoms with Crippen molar-refractivity contribution >= 4 is 35.0 Å². The minimum absolute atomic E-state index is 0.0174. The number of esters is 2. The molecule has 0 aromatic carbocycles. The maximum absolute atomic E-state index is 16.9. The van der Waals surface area contributed by atoms with Gasteiger partial charge in [-0.25, -0.2) is 13.6 Å². The van der Waals surface area contributed by atoms with E-state index in [0.717, 1.165) is 6.42 Å². The van der Waals surface area contributed by atoms with Gasteiger partial charge in [0.05, 0.1) is 19.6 Å². The number of aliphatic hydroxyl groups is 1. The summed E-state index contributed by atoms with van der Waals surface area (Å²) in [5.41, 5.74) is -2.75. The van der Waals surface area contributed by atoms with E-state index in [0.29, 0.717) is 19.3 Å². The fraction of sp³-hybridized carbons (Fsp3) is 0.714. The number of alkyl halides is 2. The first-order valence-electron chi connectivity index (χ1n) is 13.4. The summed E-state index contributed by atoms with van der Waals surface area (Å²) in [5, 5.41) is 9.97. The van der Waals surface area contributed by atoms with E-state index >= 15 is 8.78 Å². The van der Waals surface area contributed by atoms with E-state index in [9.17, 15) is 19.5 Å². The quantitative estimate of drug-likeness (QED) is 0.391. The Hall–Kier alpha value is -2.20. The molecule has 1 N–H and O–H groups in total. The van der Waals surface area contributed by atoms with Crippen molar-refractivity contribution in [3.05, 3.63) is 23.8 Å². The molecule has 5 rings (SSSR count).